The van der Waals surface area contributed by atoms with Gasteiger partial charge in [0.2, 0.25) is 0 Å². The zero-order valence-electron chi connectivity index (χ0n) is 8.74. The molecule has 17 heavy (non-hydrogen) atoms. The number of carbonyl (C=O) groups excluding carboxylic acids is 1. The van der Waals surface area contributed by atoms with Gasteiger partial charge >= 0.3 is 6.43 Å². The molecule has 0 bridgehead atoms. The van der Waals surface area contributed by atoms with Crippen LogP contribution in [0.4, 0.5) is 14.5 Å². The second-order valence-electron chi connectivity index (χ2n) is 3.16. The standard InChI is InChI=1S/C10H8F2N2OS2/c1-16-10-14-6-3-2-5(4-7(6)17-10)13-9(15)8(11)12/h2-4,8H,1H3,(H,13,15). The number of anilines is 1. The molecule has 0 saturated carbocycles. The largest absolute Gasteiger partial charge is 0.321 e. The van der Waals surface area contributed by atoms with E-state index in [9.17, 15) is 13.6 Å². The predicted octanol–water partition coefficient (Wildman–Crippen LogP) is 3.22. The summed E-state index contributed by atoms with van der Waals surface area (Å²) in [5.41, 5.74) is 1.16. The summed E-state index contributed by atoms with van der Waals surface area (Å²) in [5, 5.41) is 2.14. The molecule has 2 rings (SSSR count). The summed E-state index contributed by atoms with van der Waals surface area (Å²) in [4.78, 5) is 15.1. The highest BCUT2D eigenvalue weighted by atomic mass is 32.2. The summed E-state index contributed by atoms with van der Waals surface area (Å²) >= 11 is 2.98. The molecule has 0 atom stereocenters. The first-order valence-electron chi connectivity index (χ1n) is 4.64. The molecule has 2 aromatic rings. The third-order valence-corrected chi connectivity index (χ3v) is 4.01. The smallest absolute Gasteiger partial charge is 0.315 e. The minimum atomic E-state index is -3.01. The van der Waals surface area contributed by atoms with E-state index >= 15 is 0 Å². The Morgan fingerprint density at radius 2 is 2.29 bits per heavy atom. The molecule has 0 aliphatic carbocycles. The van der Waals surface area contributed by atoms with Crippen LogP contribution in [0.2, 0.25) is 0 Å². The van der Waals surface area contributed by atoms with E-state index in [0.717, 1.165) is 14.6 Å². The number of alkyl halides is 2. The number of hydrogen-bond acceptors (Lipinski definition) is 4. The number of halogens is 2. The zero-order chi connectivity index (χ0) is 12.4. The highest BCUT2D eigenvalue weighted by molar-refractivity contribution is 8.00. The predicted molar refractivity (Wildman–Crippen MR) is 66.0 cm³/mol. The van der Waals surface area contributed by atoms with E-state index < -0.39 is 12.3 Å². The molecule has 0 fully saturated rings. The van der Waals surface area contributed by atoms with Gasteiger partial charge in [0, 0.05) is 5.69 Å². The molecule has 0 aliphatic rings. The lowest BCUT2D eigenvalue weighted by molar-refractivity contribution is -0.126. The van der Waals surface area contributed by atoms with E-state index in [1.54, 1.807) is 18.2 Å². The van der Waals surface area contributed by atoms with Crippen molar-refractivity contribution >= 4 is 44.9 Å². The molecule has 1 heterocycles. The lowest BCUT2D eigenvalue weighted by atomic mass is 10.3. The number of fused-ring (bicyclic) bond motifs is 1. The van der Waals surface area contributed by atoms with Crippen LogP contribution in [0, 0.1) is 0 Å². The number of carbonyl (C=O) groups is 1. The Morgan fingerprint density at radius 3 is 2.94 bits per heavy atom. The molecule has 1 amide bonds. The molecule has 0 saturated heterocycles. The minimum Gasteiger partial charge on any atom is -0.321 e. The number of aromatic nitrogens is 1. The Kier molecular flexibility index (Phi) is 3.58. The van der Waals surface area contributed by atoms with Crippen molar-refractivity contribution in [2.75, 3.05) is 11.6 Å². The summed E-state index contributed by atoms with van der Waals surface area (Å²) < 4.78 is 25.9. The maximum atomic E-state index is 12.1. The monoisotopic (exact) mass is 274 g/mol. The van der Waals surface area contributed by atoms with Crippen LogP contribution < -0.4 is 5.32 Å². The molecule has 0 radical (unpaired) electrons. The maximum Gasteiger partial charge on any atom is 0.315 e. The van der Waals surface area contributed by atoms with Gasteiger partial charge in [-0.05, 0) is 24.5 Å². The molecule has 3 nitrogen and oxygen atoms in total. The normalized spacial score (nSPS) is 11.1. The number of thioether (sulfide) groups is 1. The summed E-state index contributed by atoms with van der Waals surface area (Å²) in [6.45, 7) is 0. The Bertz CT molecular complexity index is 556. The van der Waals surface area contributed by atoms with Crippen LogP contribution in [-0.2, 0) is 4.79 Å². The summed E-state index contributed by atoms with van der Waals surface area (Å²) in [5.74, 6) is -1.29. The van der Waals surface area contributed by atoms with E-state index in [0.29, 0.717) is 5.69 Å². The summed E-state index contributed by atoms with van der Waals surface area (Å²) in [6.07, 6.45) is -1.09. The van der Waals surface area contributed by atoms with Crippen LogP contribution in [0.15, 0.2) is 22.5 Å². The first-order chi connectivity index (χ1) is 8.10. The van der Waals surface area contributed by atoms with E-state index in [-0.39, 0.29) is 0 Å². The van der Waals surface area contributed by atoms with Crippen molar-refractivity contribution in [1.29, 1.82) is 0 Å². The highest BCUT2D eigenvalue weighted by Gasteiger charge is 2.15. The minimum absolute atomic E-state index is 0.360. The molecule has 1 N–H and O–H groups in total. The van der Waals surface area contributed by atoms with Crippen molar-refractivity contribution in [3.8, 4) is 0 Å². The first-order valence-corrected chi connectivity index (χ1v) is 6.68. The lowest BCUT2D eigenvalue weighted by Crippen LogP contribution is -2.19. The molecular formula is C10H8F2N2OS2. The van der Waals surface area contributed by atoms with Crippen LogP contribution in [0.25, 0.3) is 10.2 Å². The fourth-order valence-electron chi connectivity index (χ4n) is 1.27. The summed E-state index contributed by atoms with van der Waals surface area (Å²) in [6, 6.07) is 4.91. The Morgan fingerprint density at radius 1 is 1.53 bits per heavy atom. The summed E-state index contributed by atoms with van der Waals surface area (Å²) in [7, 11) is 0. The van der Waals surface area contributed by atoms with E-state index in [1.165, 1.54) is 23.1 Å². The van der Waals surface area contributed by atoms with Gasteiger partial charge in [0.15, 0.2) is 4.34 Å². The average Bonchev–Trinajstić information content (AvgIpc) is 2.70. The van der Waals surface area contributed by atoms with Crippen LogP contribution in [0.1, 0.15) is 0 Å². The van der Waals surface area contributed by atoms with Gasteiger partial charge in [0.25, 0.3) is 5.91 Å². The van der Waals surface area contributed by atoms with Crippen LogP contribution >= 0.6 is 23.1 Å². The zero-order valence-corrected chi connectivity index (χ0v) is 10.4. The maximum absolute atomic E-state index is 12.1. The molecule has 7 heteroatoms. The fraction of sp³-hybridized carbons (Fsp3) is 0.200. The van der Waals surface area contributed by atoms with Gasteiger partial charge in [-0.1, -0.05) is 11.8 Å². The van der Waals surface area contributed by atoms with Gasteiger partial charge in [-0.25, -0.2) is 4.98 Å². The van der Waals surface area contributed by atoms with Gasteiger partial charge in [-0.2, -0.15) is 8.78 Å². The number of nitrogens with zero attached hydrogens (tertiary/aromatic N) is 1. The van der Waals surface area contributed by atoms with E-state index in [2.05, 4.69) is 10.3 Å². The second-order valence-corrected chi connectivity index (χ2v) is 5.24. The van der Waals surface area contributed by atoms with Crippen molar-refractivity contribution in [2.24, 2.45) is 0 Å². The number of nitrogens with one attached hydrogen (secondary N) is 1. The van der Waals surface area contributed by atoms with Gasteiger partial charge in [-0.15, -0.1) is 11.3 Å². The second kappa shape index (κ2) is 4.97. The van der Waals surface area contributed by atoms with E-state index in [4.69, 9.17) is 0 Å². The van der Waals surface area contributed by atoms with Crippen LogP contribution in [-0.4, -0.2) is 23.6 Å². The SMILES string of the molecule is CSc1nc2ccc(NC(=O)C(F)F)cc2s1. The number of thiazole rings is 1. The van der Waals surface area contributed by atoms with Crippen molar-refractivity contribution < 1.29 is 13.6 Å². The van der Waals surface area contributed by atoms with Crippen molar-refractivity contribution in [1.82, 2.24) is 4.98 Å². The molecule has 0 spiro atoms. The topological polar surface area (TPSA) is 42.0 Å². The van der Waals surface area contributed by atoms with Gasteiger partial charge in [0.05, 0.1) is 10.2 Å². The fourth-order valence-corrected chi connectivity index (χ4v) is 2.79. The molecular weight excluding hydrogens is 266 g/mol. The Labute approximate surface area is 104 Å². The van der Waals surface area contributed by atoms with Crippen molar-refractivity contribution in [3.05, 3.63) is 18.2 Å². The van der Waals surface area contributed by atoms with Crippen molar-refractivity contribution in [2.45, 2.75) is 10.8 Å². The number of benzene rings is 1. The molecule has 1 aromatic heterocycles. The number of hydrogen-bond donors (Lipinski definition) is 1. The number of rotatable bonds is 3. The molecule has 0 aliphatic heterocycles. The lowest BCUT2D eigenvalue weighted by Gasteiger charge is -2.03. The van der Waals surface area contributed by atoms with Crippen LogP contribution in [0.5, 0.6) is 0 Å². The molecule has 0 unspecified atom stereocenters. The van der Waals surface area contributed by atoms with Gasteiger partial charge < -0.3 is 5.32 Å². The molecule has 1 aromatic carbocycles. The van der Waals surface area contributed by atoms with Crippen molar-refractivity contribution in [3.63, 3.8) is 0 Å². The number of amides is 1. The first kappa shape index (κ1) is 12.3. The third-order valence-electron chi connectivity index (χ3n) is 2.01. The quantitative estimate of drug-likeness (QED) is 0.874. The van der Waals surface area contributed by atoms with Gasteiger partial charge in [0.1, 0.15) is 0 Å². The van der Waals surface area contributed by atoms with Crippen LogP contribution in [0.3, 0.4) is 0 Å². The third kappa shape index (κ3) is 2.73. The van der Waals surface area contributed by atoms with E-state index in [1.807, 2.05) is 6.26 Å². The Balaban J connectivity index is 2.28. The van der Waals surface area contributed by atoms with Gasteiger partial charge in [-0.3, -0.25) is 4.79 Å². The highest BCUT2D eigenvalue weighted by Crippen LogP contribution is 2.29. The molecule has 90 valence electrons. The average molecular weight is 274 g/mol. The Hall–Kier alpha value is -1.21.